The second-order valence-electron chi connectivity index (χ2n) is 3.66. The van der Waals surface area contributed by atoms with Gasteiger partial charge in [0.2, 0.25) is 0 Å². The molecule has 0 spiro atoms. The van der Waals surface area contributed by atoms with E-state index in [1.807, 2.05) is 13.0 Å². The first-order valence-electron chi connectivity index (χ1n) is 5.26. The SMILES string of the molecule is C=CC1CNCCC1CC(=O)OCC. The molecule has 0 aromatic carbocycles. The van der Waals surface area contributed by atoms with E-state index in [-0.39, 0.29) is 5.97 Å². The lowest BCUT2D eigenvalue weighted by molar-refractivity contribution is -0.144. The maximum absolute atomic E-state index is 11.3. The molecule has 80 valence electrons. The Morgan fingerprint density at radius 3 is 3.14 bits per heavy atom. The molecule has 3 nitrogen and oxygen atoms in total. The van der Waals surface area contributed by atoms with Crippen molar-refractivity contribution in [1.29, 1.82) is 0 Å². The highest BCUT2D eigenvalue weighted by molar-refractivity contribution is 5.69. The van der Waals surface area contributed by atoms with Crippen molar-refractivity contribution in [2.24, 2.45) is 11.8 Å². The predicted octanol–water partition coefficient (Wildman–Crippen LogP) is 1.35. The Balaban J connectivity index is 2.39. The van der Waals surface area contributed by atoms with E-state index in [9.17, 15) is 4.79 Å². The van der Waals surface area contributed by atoms with Crippen LogP contribution in [0.5, 0.6) is 0 Å². The summed E-state index contributed by atoms with van der Waals surface area (Å²) < 4.78 is 4.94. The van der Waals surface area contributed by atoms with Crippen LogP contribution in [-0.4, -0.2) is 25.7 Å². The van der Waals surface area contributed by atoms with E-state index in [1.165, 1.54) is 0 Å². The maximum atomic E-state index is 11.3. The largest absolute Gasteiger partial charge is 0.466 e. The lowest BCUT2D eigenvalue weighted by Crippen LogP contribution is -2.36. The van der Waals surface area contributed by atoms with Crippen molar-refractivity contribution < 1.29 is 9.53 Å². The zero-order chi connectivity index (χ0) is 10.4. The van der Waals surface area contributed by atoms with Crippen LogP contribution in [0.3, 0.4) is 0 Å². The zero-order valence-electron chi connectivity index (χ0n) is 8.79. The van der Waals surface area contributed by atoms with E-state index in [2.05, 4.69) is 11.9 Å². The fourth-order valence-corrected chi connectivity index (χ4v) is 1.90. The van der Waals surface area contributed by atoms with Crippen molar-refractivity contribution in [3.63, 3.8) is 0 Å². The molecule has 2 unspecified atom stereocenters. The van der Waals surface area contributed by atoms with Gasteiger partial charge in [-0.2, -0.15) is 0 Å². The second kappa shape index (κ2) is 5.81. The maximum Gasteiger partial charge on any atom is 0.306 e. The molecule has 1 saturated heterocycles. The number of nitrogens with one attached hydrogen (secondary N) is 1. The number of esters is 1. The van der Waals surface area contributed by atoms with E-state index in [1.54, 1.807) is 0 Å². The summed E-state index contributed by atoms with van der Waals surface area (Å²) in [5.41, 5.74) is 0. The highest BCUT2D eigenvalue weighted by atomic mass is 16.5. The lowest BCUT2D eigenvalue weighted by Gasteiger charge is -2.29. The summed E-state index contributed by atoms with van der Waals surface area (Å²) in [5, 5.41) is 3.30. The molecule has 1 N–H and O–H groups in total. The molecule has 1 heterocycles. The van der Waals surface area contributed by atoms with Crippen LogP contribution in [0.1, 0.15) is 19.8 Å². The third-order valence-electron chi connectivity index (χ3n) is 2.71. The Morgan fingerprint density at radius 2 is 2.50 bits per heavy atom. The fourth-order valence-electron chi connectivity index (χ4n) is 1.90. The van der Waals surface area contributed by atoms with Crippen molar-refractivity contribution in [2.45, 2.75) is 19.8 Å². The van der Waals surface area contributed by atoms with E-state index in [0.29, 0.717) is 24.9 Å². The Morgan fingerprint density at radius 1 is 1.71 bits per heavy atom. The van der Waals surface area contributed by atoms with Crippen LogP contribution in [-0.2, 0) is 9.53 Å². The van der Waals surface area contributed by atoms with Crippen LogP contribution >= 0.6 is 0 Å². The molecular weight excluding hydrogens is 178 g/mol. The van der Waals surface area contributed by atoms with Gasteiger partial charge in [-0.25, -0.2) is 0 Å². The first-order chi connectivity index (χ1) is 6.77. The Kier molecular flexibility index (Phi) is 4.66. The first-order valence-corrected chi connectivity index (χ1v) is 5.26. The van der Waals surface area contributed by atoms with Crippen molar-refractivity contribution in [3.8, 4) is 0 Å². The number of piperidine rings is 1. The number of ether oxygens (including phenoxy) is 1. The highest BCUT2D eigenvalue weighted by Gasteiger charge is 2.24. The van der Waals surface area contributed by atoms with Gasteiger partial charge in [-0.3, -0.25) is 4.79 Å². The summed E-state index contributed by atoms with van der Waals surface area (Å²) in [5.74, 6) is 0.743. The smallest absolute Gasteiger partial charge is 0.306 e. The number of rotatable bonds is 4. The van der Waals surface area contributed by atoms with Crippen molar-refractivity contribution in [3.05, 3.63) is 12.7 Å². The molecule has 0 bridgehead atoms. The molecule has 1 aliphatic rings. The molecule has 0 aromatic heterocycles. The van der Waals surface area contributed by atoms with Gasteiger partial charge in [-0.1, -0.05) is 6.08 Å². The summed E-state index contributed by atoms with van der Waals surface area (Å²) in [6.07, 6.45) is 3.51. The van der Waals surface area contributed by atoms with Crippen molar-refractivity contribution in [2.75, 3.05) is 19.7 Å². The fraction of sp³-hybridized carbons (Fsp3) is 0.727. The van der Waals surface area contributed by atoms with Gasteiger partial charge in [0, 0.05) is 13.0 Å². The standard InChI is InChI=1S/C11H19NO2/c1-3-9-8-12-6-5-10(9)7-11(13)14-4-2/h3,9-10,12H,1,4-8H2,2H3. The van der Waals surface area contributed by atoms with E-state index in [0.717, 1.165) is 19.5 Å². The minimum atomic E-state index is -0.0775. The molecule has 0 aliphatic carbocycles. The van der Waals surface area contributed by atoms with Gasteiger partial charge in [-0.15, -0.1) is 6.58 Å². The lowest BCUT2D eigenvalue weighted by atomic mass is 9.84. The van der Waals surface area contributed by atoms with E-state index in [4.69, 9.17) is 4.74 Å². The Bertz CT molecular complexity index is 203. The Labute approximate surface area is 85.5 Å². The average Bonchev–Trinajstić information content (AvgIpc) is 2.19. The third-order valence-corrected chi connectivity index (χ3v) is 2.71. The monoisotopic (exact) mass is 197 g/mol. The first kappa shape index (κ1) is 11.2. The van der Waals surface area contributed by atoms with Gasteiger partial charge in [0.1, 0.15) is 0 Å². The Hall–Kier alpha value is -0.830. The minimum absolute atomic E-state index is 0.0775. The van der Waals surface area contributed by atoms with Gasteiger partial charge >= 0.3 is 5.97 Å². The van der Waals surface area contributed by atoms with Crippen LogP contribution in [0.2, 0.25) is 0 Å². The van der Waals surface area contributed by atoms with Gasteiger partial charge < -0.3 is 10.1 Å². The normalized spacial score (nSPS) is 26.9. The average molecular weight is 197 g/mol. The molecule has 1 aliphatic heterocycles. The van der Waals surface area contributed by atoms with Gasteiger partial charge in [0.25, 0.3) is 0 Å². The number of carbonyl (C=O) groups is 1. The second-order valence-corrected chi connectivity index (χ2v) is 3.66. The topological polar surface area (TPSA) is 38.3 Å². The molecule has 0 aromatic rings. The third kappa shape index (κ3) is 3.14. The van der Waals surface area contributed by atoms with Gasteiger partial charge in [0.05, 0.1) is 6.61 Å². The number of hydrogen-bond donors (Lipinski definition) is 1. The highest BCUT2D eigenvalue weighted by Crippen LogP contribution is 2.23. The number of hydrogen-bond acceptors (Lipinski definition) is 3. The van der Waals surface area contributed by atoms with Crippen LogP contribution in [0.4, 0.5) is 0 Å². The van der Waals surface area contributed by atoms with E-state index >= 15 is 0 Å². The zero-order valence-corrected chi connectivity index (χ0v) is 8.79. The van der Waals surface area contributed by atoms with E-state index < -0.39 is 0 Å². The molecule has 3 heteroatoms. The quantitative estimate of drug-likeness (QED) is 0.546. The summed E-state index contributed by atoms with van der Waals surface area (Å²) in [4.78, 5) is 11.3. The molecule has 0 saturated carbocycles. The van der Waals surface area contributed by atoms with Crippen LogP contribution in [0.15, 0.2) is 12.7 Å². The minimum Gasteiger partial charge on any atom is -0.466 e. The molecule has 2 atom stereocenters. The van der Waals surface area contributed by atoms with Crippen LogP contribution < -0.4 is 5.32 Å². The molecule has 0 amide bonds. The summed E-state index contributed by atoms with van der Waals surface area (Å²) in [7, 11) is 0. The van der Waals surface area contributed by atoms with Crippen LogP contribution in [0, 0.1) is 11.8 Å². The van der Waals surface area contributed by atoms with Gasteiger partial charge in [-0.05, 0) is 31.7 Å². The molecule has 0 radical (unpaired) electrons. The van der Waals surface area contributed by atoms with Crippen molar-refractivity contribution >= 4 is 5.97 Å². The molecule has 14 heavy (non-hydrogen) atoms. The molecule has 1 rings (SSSR count). The predicted molar refractivity (Wildman–Crippen MR) is 55.9 cm³/mol. The summed E-state index contributed by atoms with van der Waals surface area (Å²) >= 11 is 0. The number of carbonyl (C=O) groups excluding carboxylic acids is 1. The van der Waals surface area contributed by atoms with Crippen LogP contribution in [0.25, 0.3) is 0 Å². The molecular formula is C11H19NO2. The summed E-state index contributed by atoms with van der Waals surface area (Å²) in [6.45, 7) is 8.04. The van der Waals surface area contributed by atoms with Gasteiger partial charge in [0.15, 0.2) is 0 Å². The summed E-state index contributed by atoms with van der Waals surface area (Å²) in [6, 6.07) is 0. The molecule has 1 fully saturated rings. The van der Waals surface area contributed by atoms with Crippen molar-refractivity contribution in [1.82, 2.24) is 5.32 Å².